The van der Waals surface area contributed by atoms with Gasteiger partial charge in [-0.2, -0.15) is 5.10 Å². The second-order valence-electron chi connectivity index (χ2n) is 4.63. The molecule has 0 atom stereocenters. The van der Waals surface area contributed by atoms with Gasteiger partial charge in [-0.15, -0.1) is 0 Å². The monoisotopic (exact) mass is 288 g/mol. The molecule has 2 aromatic rings. The van der Waals surface area contributed by atoms with Gasteiger partial charge in [0.15, 0.2) is 0 Å². The summed E-state index contributed by atoms with van der Waals surface area (Å²) in [4.78, 5) is 20.3. The highest BCUT2D eigenvalue weighted by molar-refractivity contribution is 5.92. The van der Waals surface area contributed by atoms with Crippen molar-refractivity contribution in [2.75, 3.05) is 18.4 Å². The Labute approximate surface area is 123 Å². The molecule has 0 aromatic carbocycles. The van der Waals surface area contributed by atoms with Crippen LogP contribution in [0.2, 0.25) is 0 Å². The summed E-state index contributed by atoms with van der Waals surface area (Å²) >= 11 is 0. The topological polar surface area (TPSA) is 95.6 Å². The summed E-state index contributed by atoms with van der Waals surface area (Å²) in [7, 11) is 0. The lowest BCUT2D eigenvalue weighted by atomic mass is 10.3. The van der Waals surface area contributed by atoms with Gasteiger partial charge in [0.25, 0.3) is 5.91 Å². The van der Waals surface area contributed by atoms with Gasteiger partial charge in [0.1, 0.15) is 23.7 Å². The Morgan fingerprint density at radius 2 is 2.24 bits per heavy atom. The molecule has 0 spiro atoms. The molecule has 0 aliphatic rings. The van der Waals surface area contributed by atoms with Gasteiger partial charge in [0, 0.05) is 19.5 Å². The van der Waals surface area contributed by atoms with Crippen LogP contribution in [0.25, 0.3) is 0 Å². The van der Waals surface area contributed by atoms with Crippen molar-refractivity contribution in [2.24, 2.45) is 0 Å². The van der Waals surface area contributed by atoms with Gasteiger partial charge in [-0.05, 0) is 25.0 Å². The first kappa shape index (κ1) is 15.0. The molecular formula is C14H20N6O. The summed E-state index contributed by atoms with van der Waals surface area (Å²) < 4.78 is 0. The molecule has 21 heavy (non-hydrogen) atoms. The molecule has 2 heterocycles. The molecule has 0 aliphatic heterocycles. The SMILES string of the molecule is CCCNc1cccc(C(=O)NCCCc2ncn[nH]2)n1. The maximum Gasteiger partial charge on any atom is 0.269 e. The maximum atomic E-state index is 12.0. The van der Waals surface area contributed by atoms with Gasteiger partial charge in [-0.1, -0.05) is 13.0 Å². The molecule has 0 unspecified atom stereocenters. The third-order valence-corrected chi connectivity index (χ3v) is 2.88. The first-order valence-electron chi connectivity index (χ1n) is 7.13. The van der Waals surface area contributed by atoms with E-state index >= 15 is 0 Å². The molecule has 0 bridgehead atoms. The smallest absolute Gasteiger partial charge is 0.269 e. The third kappa shape index (κ3) is 4.87. The van der Waals surface area contributed by atoms with Crippen LogP contribution < -0.4 is 10.6 Å². The zero-order valence-corrected chi connectivity index (χ0v) is 12.1. The fraction of sp³-hybridized carbons (Fsp3) is 0.429. The average molecular weight is 288 g/mol. The van der Waals surface area contributed by atoms with Crippen molar-refractivity contribution in [3.8, 4) is 0 Å². The Bertz CT molecular complexity index is 554. The number of aromatic amines is 1. The number of H-pyrrole nitrogens is 1. The molecule has 0 saturated carbocycles. The number of carbonyl (C=O) groups excluding carboxylic acids is 1. The molecule has 0 saturated heterocycles. The number of hydrogen-bond acceptors (Lipinski definition) is 5. The van der Waals surface area contributed by atoms with Crippen LogP contribution in [0.3, 0.4) is 0 Å². The van der Waals surface area contributed by atoms with Gasteiger partial charge < -0.3 is 10.6 Å². The molecule has 1 amide bonds. The highest BCUT2D eigenvalue weighted by Crippen LogP contribution is 2.05. The first-order valence-corrected chi connectivity index (χ1v) is 7.13. The lowest BCUT2D eigenvalue weighted by Gasteiger charge is -2.07. The van der Waals surface area contributed by atoms with E-state index in [9.17, 15) is 4.79 Å². The molecule has 2 rings (SSSR count). The van der Waals surface area contributed by atoms with E-state index in [1.165, 1.54) is 6.33 Å². The molecule has 3 N–H and O–H groups in total. The minimum absolute atomic E-state index is 0.160. The number of anilines is 1. The minimum Gasteiger partial charge on any atom is -0.370 e. The van der Waals surface area contributed by atoms with Crippen molar-refractivity contribution < 1.29 is 4.79 Å². The predicted molar refractivity (Wildman–Crippen MR) is 80.1 cm³/mol. The van der Waals surface area contributed by atoms with Crippen LogP contribution in [-0.2, 0) is 6.42 Å². The molecular weight excluding hydrogens is 268 g/mol. The van der Waals surface area contributed by atoms with Crippen LogP contribution in [0.4, 0.5) is 5.82 Å². The molecule has 7 nitrogen and oxygen atoms in total. The van der Waals surface area contributed by atoms with Gasteiger partial charge in [-0.25, -0.2) is 9.97 Å². The van der Waals surface area contributed by atoms with Crippen LogP contribution in [0.5, 0.6) is 0 Å². The van der Waals surface area contributed by atoms with E-state index in [4.69, 9.17) is 0 Å². The standard InChI is InChI=1S/C14H20N6O/c1-2-8-15-12-6-3-5-11(19-12)14(21)16-9-4-7-13-17-10-18-20-13/h3,5-6,10H,2,4,7-9H2,1H3,(H,15,19)(H,16,21)(H,17,18,20). The van der Waals surface area contributed by atoms with Crippen molar-refractivity contribution in [3.63, 3.8) is 0 Å². The number of hydrogen-bond donors (Lipinski definition) is 3. The number of amides is 1. The molecule has 0 fully saturated rings. The second kappa shape index (κ2) is 7.98. The van der Waals surface area contributed by atoms with Crippen LogP contribution in [0.1, 0.15) is 36.1 Å². The Balaban J connectivity index is 1.77. The number of pyridine rings is 1. The van der Waals surface area contributed by atoms with E-state index in [2.05, 4.69) is 37.7 Å². The Morgan fingerprint density at radius 1 is 1.33 bits per heavy atom. The minimum atomic E-state index is -0.160. The number of nitrogens with zero attached hydrogens (tertiary/aromatic N) is 3. The normalized spacial score (nSPS) is 10.3. The highest BCUT2D eigenvalue weighted by atomic mass is 16.1. The zero-order chi connectivity index (χ0) is 14.9. The predicted octanol–water partition coefficient (Wildman–Crippen LogP) is 1.38. The van der Waals surface area contributed by atoms with Crippen molar-refractivity contribution >= 4 is 11.7 Å². The summed E-state index contributed by atoms with van der Waals surface area (Å²) in [5.74, 6) is 1.40. The van der Waals surface area contributed by atoms with Crippen LogP contribution >= 0.6 is 0 Å². The largest absolute Gasteiger partial charge is 0.370 e. The molecule has 0 radical (unpaired) electrons. The molecule has 7 heteroatoms. The van der Waals surface area contributed by atoms with Crippen molar-refractivity contribution in [2.45, 2.75) is 26.2 Å². The Morgan fingerprint density at radius 3 is 3.00 bits per heavy atom. The fourth-order valence-corrected chi connectivity index (χ4v) is 1.81. The van der Waals surface area contributed by atoms with E-state index in [1.807, 2.05) is 12.1 Å². The second-order valence-corrected chi connectivity index (χ2v) is 4.63. The van der Waals surface area contributed by atoms with E-state index in [0.717, 1.165) is 37.4 Å². The van der Waals surface area contributed by atoms with E-state index < -0.39 is 0 Å². The number of aromatic nitrogens is 4. The summed E-state index contributed by atoms with van der Waals surface area (Å²) in [6.45, 7) is 3.50. The Hall–Kier alpha value is -2.44. The fourth-order valence-electron chi connectivity index (χ4n) is 1.81. The lowest BCUT2D eigenvalue weighted by Crippen LogP contribution is -2.26. The van der Waals surface area contributed by atoms with E-state index in [-0.39, 0.29) is 5.91 Å². The average Bonchev–Trinajstić information content (AvgIpc) is 3.03. The first-order chi connectivity index (χ1) is 10.3. The molecule has 0 aliphatic carbocycles. The highest BCUT2D eigenvalue weighted by Gasteiger charge is 2.07. The number of carbonyl (C=O) groups is 1. The summed E-state index contributed by atoms with van der Waals surface area (Å²) in [5, 5.41) is 12.6. The van der Waals surface area contributed by atoms with Gasteiger partial charge in [0.05, 0.1) is 0 Å². The summed E-state index contributed by atoms with van der Waals surface area (Å²) in [6, 6.07) is 5.40. The summed E-state index contributed by atoms with van der Waals surface area (Å²) in [5.41, 5.74) is 0.427. The van der Waals surface area contributed by atoms with Crippen molar-refractivity contribution in [3.05, 3.63) is 36.0 Å². The lowest BCUT2D eigenvalue weighted by molar-refractivity contribution is 0.0948. The van der Waals surface area contributed by atoms with Crippen LogP contribution in [0.15, 0.2) is 24.5 Å². The van der Waals surface area contributed by atoms with Crippen molar-refractivity contribution in [1.29, 1.82) is 0 Å². The molecule has 112 valence electrons. The van der Waals surface area contributed by atoms with E-state index in [1.54, 1.807) is 6.07 Å². The van der Waals surface area contributed by atoms with Crippen LogP contribution in [0, 0.1) is 0 Å². The Kier molecular flexibility index (Phi) is 5.69. The number of nitrogens with one attached hydrogen (secondary N) is 3. The number of aryl methyl sites for hydroxylation is 1. The van der Waals surface area contributed by atoms with Gasteiger partial charge in [0.2, 0.25) is 0 Å². The van der Waals surface area contributed by atoms with Crippen LogP contribution in [-0.4, -0.2) is 39.2 Å². The quantitative estimate of drug-likeness (QED) is 0.638. The zero-order valence-electron chi connectivity index (χ0n) is 12.1. The van der Waals surface area contributed by atoms with Gasteiger partial charge >= 0.3 is 0 Å². The maximum absolute atomic E-state index is 12.0. The molecule has 2 aromatic heterocycles. The summed E-state index contributed by atoms with van der Waals surface area (Å²) in [6.07, 6.45) is 4.05. The van der Waals surface area contributed by atoms with Crippen molar-refractivity contribution in [1.82, 2.24) is 25.5 Å². The number of rotatable bonds is 8. The third-order valence-electron chi connectivity index (χ3n) is 2.88. The van der Waals surface area contributed by atoms with E-state index in [0.29, 0.717) is 12.2 Å². The van der Waals surface area contributed by atoms with Gasteiger partial charge in [-0.3, -0.25) is 9.89 Å².